The zero-order valence-corrected chi connectivity index (χ0v) is 13.6. The molecular formula is C18H12F3N3O3. The molecule has 0 unspecified atom stereocenters. The summed E-state index contributed by atoms with van der Waals surface area (Å²) < 4.78 is 44.8. The van der Waals surface area contributed by atoms with Gasteiger partial charge in [0.25, 0.3) is 0 Å². The first-order valence-electron chi connectivity index (χ1n) is 7.69. The maximum Gasteiger partial charge on any atom is 0.244 e. The van der Waals surface area contributed by atoms with Crippen molar-refractivity contribution in [3.05, 3.63) is 65.8 Å². The number of fused-ring (bicyclic) bond motifs is 1. The summed E-state index contributed by atoms with van der Waals surface area (Å²) in [5.74, 6) is -5.83. The Kier molecular flexibility index (Phi) is 5.20. The molecular weight excluding hydrogens is 363 g/mol. The molecule has 6 nitrogen and oxygen atoms in total. The molecule has 1 aromatic heterocycles. The van der Waals surface area contributed by atoms with Gasteiger partial charge in [-0.25, -0.2) is 18.2 Å². The van der Waals surface area contributed by atoms with Crippen LogP contribution in [-0.4, -0.2) is 23.3 Å². The van der Waals surface area contributed by atoms with Gasteiger partial charge in [0.2, 0.25) is 17.7 Å². The summed E-state index contributed by atoms with van der Waals surface area (Å²) in [4.78, 5) is 27.6. The second-order valence-electron chi connectivity index (χ2n) is 5.34. The summed E-state index contributed by atoms with van der Waals surface area (Å²) >= 11 is 0. The average molecular weight is 375 g/mol. The highest BCUT2D eigenvalue weighted by Gasteiger charge is 2.15. The highest BCUT2D eigenvalue weighted by molar-refractivity contribution is 5.97. The van der Waals surface area contributed by atoms with Gasteiger partial charge in [-0.15, -0.1) is 0 Å². The summed E-state index contributed by atoms with van der Waals surface area (Å²) in [6.45, 7) is -0.505. The highest BCUT2D eigenvalue weighted by atomic mass is 19.2. The lowest BCUT2D eigenvalue weighted by Gasteiger charge is -2.07. The predicted octanol–water partition coefficient (Wildman–Crippen LogP) is 3.01. The predicted molar refractivity (Wildman–Crippen MR) is 91.0 cm³/mol. The van der Waals surface area contributed by atoms with Crippen LogP contribution in [0.1, 0.15) is 5.89 Å². The number of oxazole rings is 1. The molecule has 0 atom stereocenters. The van der Waals surface area contributed by atoms with Gasteiger partial charge in [0, 0.05) is 12.2 Å². The minimum absolute atomic E-state index is 0.208. The number of carbonyl (C=O) groups is 2. The number of amides is 2. The average Bonchev–Trinajstić information content (AvgIpc) is 3.08. The fourth-order valence-electron chi connectivity index (χ4n) is 2.15. The Morgan fingerprint density at radius 3 is 2.63 bits per heavy atom. The van der Waals surface area contributed by atoms with E-state index < -0.39 is 41.5 Å². The number of para-hydroxylation sites is 2. The minimum atomic E-state index is -1.70. The minimum Gasteiger partial charge on any atom is -0.437 e. The van der Waals surface area contributed by atoms with E-state index in [1.165, 1.54) is 6.08 Å². The van der Waals surface area contributed by atoms with Crippen molar-refractivity contribution < 1.29 is 27.2 Å². The summed E-state index contributed by atoms with van der Waals surface area (Å²) in [6.07, 6.45) is 2.43. The lowest BCUT2D eigenvalue weighted by atomic mass is 10.2. The number of rotatable bonds is 5. The van der Waals surface area contributed by atoms with Crippen LogP contribution in [-0.2, 0) is 9.59 Å². The molecule has 3 aromatic rings. The number of carbonyl (C=O) groups excluding carboxylic acids is 2. The second-order valence-corrected chi connectivity index (χ2v) is 5.34. The van der Waals surface area contributed by atoms with Crippen LogP contribution in [0.4, 0.5) is 18.9 Å². The number of hydrogen-bond donors (Lipinski definition) is 2. The van der Waals surface area contributed by atoms with Gasteiger partial charge in [0.15, 0.2) is 23.0 Å². The molecule has 0 aliphatic heterocycles. The molecule has 0 fully saturated rings. The first-order chi connectivity index (χ1) is 12.9. The first-order valence-corrected chi connectivity index (χ1v) is 7.69. The number of nitrogens with zero attached hydrogens (tertiary/aromatic N) is 1. The summed E-state index contributed by atoms with van der Waals surface area (Å²) in [5, 5.41) is 4.29. The maximum absolute atomic E-state index is 13.5. The molecule has 0 spiro atoms. The van der Waals surface area contributed by atoms with Crippen LogP contribution >= 0.6 is 0 Å². The van der Waals surface area contributed by atoms with Gasteiger partial charge in [-0.05, 0) is 24.3 Å². The van der Waals surface area contributed by atoms with E-state index in [1.807, 2.05) is 5.32 Å². The third-order valence-electron chi connectivity index (χ3n) is 3.42. The maximum atomic E-state index is 13.5. The fraction of sp³-hybridized carbons (Fsp3) is 0.0556. The fourth-order valence-corrected chi connectivity index (χ4v) is 2.15. The molecule has 1 heterocycles. The lowest BCUT2D eigenvalue weighted by molar-refractivity contribution is -0.121. The van der Waals surface area contributed by atoms with Gasteiger partial charge in [-0.2, -0.15) is 0 Å². The summed E-state index contributed by atoms with van der Waals surface area (Å²) in [5.41, 5.74) is 0.658. The Morgan fingerprint density at radius 1 is 1.07 bits per heavy atom. The van der Waals surface area contributed by atoms with Crippen molar-refractivity contribution in [2.24, 2.45) is 0 Å². The van der Waals surface area contributed by atoms with Crippen LogP contribution in [0.25, 0.3) is 17.2 Å². The van der Waals surface area contributed by atoms with Crippen molar-refractivity contribution in [2.45, 2.75) is 0 Å². The molecule has 2 amide bonds. The van der Waals surface area contributed by atoms with Gasteiger partial charge in [-0.1, -0.05) is 12.1 Å². The molecule has 3 rings (SSSR count). The monoisotopic (exact) mass is 375 g/mol. The smallest absolute Gasteiger partial charge is 0.244 e. The van der Waals surface area contributed by atoms with E-state index in [0.29, 0.717) is 17.2 Å². The quantitative estimate of drug-likeness (QED) is 0.530. The van der Waals surface area contributed by atoms with Crippen LogP contribution in [0.3, 0.4) is 0 Å². The Balaban J connectivity index is 1.54. The lowest BCUT2D eigenvalue weighted by Crippen LogP contribution is -2.32. The number of nitrogens with one attached hydrogen (secondary N) is 2. The van der Waals surface area contributed by atoms with Crippen LogP contribution < -0.4 is 10.6 Å². The third-order valence-corrected chi connectivity index (χ3v) is 3.42. The molecule has 2 aromatic carbocycles. The van der Waals surface area contributed by atoms with Crippen LogP contribution in [0, 0.1) is 17.5 Å². The van der Waals surface area contributed by atoms with E-state index >= 15 is 0 Å². The number of hydrogen-bond acceptors (Lipinski definition) is 4. The van der Waals surface area contributed by atoms with Crippen LogP contribution in [0.5, 0.6) is 0 Å². The van der Waals surface area contributed by atoms with Crippen LogP contribution in [0.2, 0.25) is 0 Å². The highest BCUT2D eigenvalue weighted by Crippen LogP contribution is 2.19. The van der Waals surface area contributed by atoms with Gasteiger partial charge in [0.1, 0.15) is 5.52 Å². The van der Waals surface area contributed by atoms with E-state index in [9.17, 15) is 22.8 Å². The second kappa shape index (κ2) is 7.73. The van der Waals surface area contributed by atoms with E-state index in [-0.39, 0.29) is 5.89 Å². The van der Waals surface area contributed by atoms with Gasteiger partial charge in [-0.3, -0.25) is 9.59 Å². The molecule has 0 saturated heterocycles. The number of benzene rings is 2. The standard InChI is InChI=1S/C18H12F3N3O3/c19-10-5-6-12(18(21)17(10)20)23-15(26)9-22-14(25)7-8-16-24-11-3-1-2-4-13(11)27-16/h1-8H,9H2,(H,22,25)(H,23,26)/b8-7+. The normalized spacial score (nSPS) is 11.1. The van der Waals surface area contributed by atoms with Gasteiger partial charge >= 0.3 is 0 Å². The zero-order chi connectivity index (χ0) is 19.4. The van der Waals surface area contributed by atoms with E-state index in [4.69, 9.17) is 4.42 Å². The molecule has 0 aliphatic carbocycles. The number of anilines is 1. The topological polar surface area (TPSA) is 84.2 Å². The van der Waals surface area contributed by atoms with Crippen molar-refractivity contribution in [1.29, 1.82) is 0 Å². The Labute approximate surface area is 150 Å². The molecule has 2 N–H and O–H groups in total. The van der Waals surface area contributed by atoms with E-state index in [2.05, 4.69) is 10.3 Å². The molecule has 0 radical (unpaired) electrons. The molecule has 9 heteroatoms. The van der Waals surface area contributed by atoms with Crippen molar-refractivity contribution >= 4 is 34.7 Å². The molecule has 138 valence electrons. The Morgan fingerprint density at radius 2 is 1.85 bits per heavy atom. The van der Waals surface area contributed by atoms with Crippen molar-refractivity contribution in [2.75, 3.05) is 11.9 Å². The van der Waals surface area contributed by atoms with Crippen molar-refractivity contribution in [1.82, 2.24) is 10.3 Å². The summed E-state index contributed by atoms with van der Waals surface area (Å²) in [7, 11) is 0. The number of halogens is 3. The summed E-state index contributed by atoms with van der Waals surface area (Å²) in [6, 6.07) is 8.59. The van der Waals surface area contributed by atoms with E-state index in [0.717, 1.165) is 12.1 Å². The van der Waals surface area contributed by atoms with Gasteiger partial charge in [0.05, 0.1) is 12.2 Å². The molecule has 27 heavy (non-hydrogen) atoms. The first kappa shape index (κ1) is 18.2. The Bertz CT molecular complexity index is 1010. The van der Waals surface area contributed by atoms with Gasteiger partial charge < -0.3 is 15.1 Å². The van der Waals surface area contributed by atoms with Crippen LogP contribution in [0.15, 0.2) is 46.9 Å². The zero-order valence-electron chi connectivity index (χ0n) is 13.6. The van der Waals surface area contributed by atoms with Crippen molar-refractivity contribution in [3.63, 3.8) is 0 Å². The molecule has 0 bridgehead atoms. The Hall–Kier alpha value is -3.62. The third kappa shape index (κ3) is 4.32. The SMILES string of the molecule is O=C(/C=C/c1nc2ccccc2o1)NCC(=O)Nc1ccc(F)c(F)c1F. The largest absolute Gasteiger partial charge is 0.437 e. The molecule has 0 saturated carbocycles. The number of aromatic nitrogens is 1. The molecule has 0 aliphatic rings. The van der Waals surface area contributed by atoms with Crippen molar-refractivity contribution in [3.8, 4) is 0 Å². The van der Waals surface area contributed by atoms with E-state index in [1.54, 1.807) is 24.3 Å².